The van der Waals surface area contributed by atoms with Crippen LogP contribution in [0, 0.1) is 0 Å². The van der Waals surface area contributed by atoms with Gasteiger partial charge in [-0.1, -0.05) is 50.1 Å². The zero-order valence-electron chi connectivity index (χ0n) is 14.9. The van der Waals surface area contributed by atoms with Gasteiger partial charge in [-0.05, 0) is 18.1 Å². The number of benzene rings is 1. The van der Waals surface area contributed by atoms with E-state index in [0.717, 1.165) is 24.8 Å². The number of nitrogens with zero attached hydrogens (tertiary/aromatic N) is 2. The van der Waals surface area contributed by atoms with Crippen LogP contribution >= 0.6 is 0 Å². The second-order valence-electron chi connectivity index (χ2n) is 6.07. The third kappa shape index (κ3) is 5.71. The van der Waals surface area contributed by atoms with Gasteiger partial charge in [-0.15, -0.1) is 0 Å². The summed E-state index contributed by atoms with van der Waals surface area (Å²) < 4.78 is 0. The Balaban J connectivity index is 1.99. The maximum Gasteiger partial charge on any atom is 0.255 e. The summed E-state index contributed by atoms with van der Waals surface area (Å²) in [7, 11) is 1.74. The van der Waals surface area contributed by atoms with Crippen LogP contribution in [-0.2, 0) is 6.54 Å². The lowest BCUT2D eigenvalue weighted by Gasteiger charge is -2.17. The smallest absolute Gasteiger partial charge is 0.255 e. The number of hydrogen-bond donors (Lipinski definition) is 1. The summed E-state index contributed by atoms with van der Waals surface area (Å²) in [5, 5.41) is 2.87. The molecule has 5 heteroatoms. The molecule has 0 aliphatic heterocycles. The SMILES string of the molecule is CCCCCNC(=O)c1cncc(C(=O)N(C)Cc2ccccc2)c1. The van der Waals surface area contributed by atoms with E-state index in [1.54, 1.807) is 18.0 Å². The molecule has 1 aromatic carbocycles. The molecule has 0 aliphatic rings. The maximum absolute atomic E-state index is 12.6. The van der Waals surface area contributed by atoms with Crippen LogP contribution in [0.2, 0.25) is 0 Å². The minimum absolute atomic E-state index is 0.156. The zero-order chi connectivity index (χ0) is 18.1. The first kappa shape index (κ1) is 18.6. The average Bonchev–Trinajstić information content (AvgIpc) is 2.65. The third-order valence-electron chi connectivity index (χ3n) is 3.92. The van der Waals surface area contributed by atoms with Crippen LogP contribution in [0.1, 0.15) is 52.5 Å². The summed E-state index contributed by atoms with van der Waals surface area (Å²) in [4.78, 5) is 30.4. The van der Waals surface area contributed by atoms with Gasteiger partial charge in [0.2, 0.25) is 0 Å². The molecule has 2 aromatic rings. The number of aromatic nitrogens is 1. The minimum Gasteiger partial charge on any atom is -0.352 e. The number of amides is 2. The zero-order valence-corrected chi connectivity index (χ0v) is 14.9. The fourth-order valence-electron chi connectivity index (χ4n) is 2.51. The molecular weight excluding hydrogens is 314 g/mol. The Bertz CT molecular complexity index is 701. The van der Waals surface area contributed by atoms with E-state index in [9.17, 15) is 9.59 Å². The summed E-state index contributed by atoms with van der Waals surface area (Å²) in [6.45, 7) is 3.26. The van der Waals surface area contributed by atoms with Gasteiger partial charge in [0.05, 0.1) is 11.1 Å². The van der Waals surface area contributed by atoms with Crippen molar-refractivity contribution in [3.05, 3.63) is 65.5 Å². The van der Waals surface area contributed by atoms with E-state index in [1.807, 2.05) is 30.3 Å². The van der Waals surface area contributed by atoms with Crippen LogP contribution in [0.15, 0.2) is 48.8 Å². The summed E-state index contributed by atoms with van der Waals surface area (Å²) in [6, 6.07) is 11.4. The maximum atomic E-state index is 12.6. The monoisotopic (exact) mass is 339 g/mol. The van der Waals surface area contributed by atoms with E-state index in [0.29, 0.717) is 24.2 Å². The highest BCUT2D eigenvalue weighted by molar-refractivity contribution is 5.99. The normalized spacial score (nSPS) is 10.3. The van der Waals surface area contributed by atoms with Gasteiger partial charge in [0.1, 0.15) is 0 Å². The molecule has 1 aromatic heterocycles. The first-order valence-corrected chi connectivity index (χ1v) is 8.64. The Kier molecular flexibility index (Phi) is 7.14. The second kappa shape index (κ2) is 9.57. The molecule has 132 valence electrons. The van der Waals surface area contributed by atoms with E-state index in [4.69, 9.17) is 0 Å². The van der Waals surface area contributed by atoms with Crippen molar-refractivity contribution in [3.63, 3.8) is 0 Å². The van der Waals surface area contributed by atoms with E-state index in [1.165, 1.54) is 12.4 Å². The number of unbranched alkanes of at least 4 members (excludes halogenated alkanes) is 2. The average molecular weight is 339 g/mol. The first-order valence-electron chi connectivity index (χ1n) is 8.64. The molecule has 2 rings (SSSR count). The highest BCUT2D eigenvalue weighted by atomic mass is 16.2. The molecule has 1 N–H and O–H groups in total. The van der Waals surface area contributed by atoms with Crippen molar-refractivity contribution in [1.82, 2.24) is 15.2 Å². The Hall–Kier alpha value is -2.69. The van der Waals surface area contributed by atoms with E-state index in [2.05, 4.69) is 17.2 Å². The molecule has 0 bridgehead atoms. The summed E-state index contributed by atoms with van der Waals surface area (Å²) in [5.41, 5.74) is 1.88. The van der Waals surface area contributed by atoms with Crippen LogP contribution in [0.4, 0.5) is 0 Å². The molecule has 25 heavy (non-hydrogen) atoms. The number of pyridine rings is 1. The molecule has 2 amide bonds. The lowest BCUT2D eigenvalue weighted by molar-refractivity contribution is 0.0784. The Morgan fingerprint density at radius 1 is 1.08 bits per heavy atom. The van der Waals surface area contributed by atoms with Gasteiger partial charge in [-0.3, -0.25) is 14.6 Å². The lowest BCUT2D eigenvalue weighted by atomic mass is 10.1. The van der Waals surface area contributed by atoms with Crippen molar-refractivity contribution in [2.75, 3.05) is 13.6 Å². The van der Waals surface area contributed by atoms with E-state index < -0.39 is 0 Å². The molecule has 0 unspecified atom stereocenters. The summed E-state index contributed by atoms with van der Waals surface area (Å²) in [5.74, 6) is -0.346. The van der Waals surface area contributed by atoms with Crippen molar-refractivity contribution >= 4 is 11.8 Å². The van der Waals surface area contributed by atoms with Crippen LogP contribution in [0.5, 0.6) is 0 Å². The standard InChI is InChI=1S/C20H25N3O2/c1-3-4-8-11-22-19(24)17-12-18(14-21-13-17)20(25)23(2)15-16-9-6-5-7-10-16/h5-7,9-10,12-14H,3-4,8,11,15H2,1-2H3,(H,22,24). The molecule has 0 fully saturated rings. The fraction of sp³-hybridized carbons (Fsp3) is 0.350. The van der Waals surface area contributed by atoms with Gasteiger partial charge in [0, 0.05) is 32.5 Å². The fourth-order valence-corrected chi connectivity index (χ4v) is 2.51. The van der Waals surface area contributed by atoms with Crippen molar-refractivity contribution < 1.29 is 9.59 Å². The van der Waals surface area contributed by atoms with Gasteiger partial charge in [-0.25, -0.2) is 0 Å². The Labute approximate surface area is 149 Å². The number of hydrogen-bond acceptors (Lipinski definition) is 3. The van der Waals surface area contributed by atoms with Crippen LogP contribution < -0.4 is 5.32 Å². The molecule has 0 saturated heterocycles. The van der Waals surface area contributed by atoms with Crippen molar-refractivity contribution in [3.8, 4) is 0 Å². The van der Waals surface area contributed by atoms with E-state index in [-0.39, 0.29) is 11.8 Å². The Morgan fingerprint density at radius 2 is 1.80 bits per heavy atom. The highest BCUT2D eigenvalue weighted by Gasteiger charge is 2.15. The number of rotatable bonds is 8. The van der Waals surface area contributed by atoms with Crippen LogP contribution in [-0.4, -0.2) is 35.3 Å². The van der Waals surface area contributed by atoms with Gasteiger partial charge >= 0.3 is 0 Å². The number of nitrogens with one attached hydrogen (secondary N) is 1. The first-order chi connectivity index (χ1) is 12.1. The lowest BCUT2D eigenvalue weighted by Crippen LogP contribution is -2.28. The van der Waals surface area contributed by atoms with Gasteiger partial charge < -0.3 is 10.2 Å². The third-order valence-corrected chi connectivity index (χ3v) is 3.92. The minimum atomic E-state index is -0.191. The van der Waals surface area contributed by atoms with Crippen LogP contribution in [0.25, 0.3) is 0 Å². The van der Waals surface area contributed by atoms with Gasteiger partial charge in [0.15, 0.2) is 0 Å². The van der Waals surface area contributed by atoms with Crippen molar-refractivity contribution in [2.45, 2.75) is 32.7 Å². The Morgan fingerprint density at radius 3 is 2.52 bits per heavy atom. The van der Waals surface area contributed by atoms with Gasteiger partial charge in [0.25, 0.3) is 11.8 Å². The topological polar surface area (TPSA) is 62.3 Å². The molecule has 0 radical (unpaired) electrons. The second-order valence-corrected chi connectivity index (χ2v) is 6.07. The molecule has 5 nitrogen and oxygen atoms in total. The van der Waals surface area contributed by atoms with E-state index >= 15 is 0 Å². The quantitative estimate of drug-likeness (QED) is 0.751. The highest BCUT2D eigenvalue weighted by Crippen LogP contribution is 2.09. The summed E-state index contributed by atoms with van der Waals surface area (Å²) in [6.07, 6.45) is 6.13. The molecule has 0 atom stereocenters. The predicted octanol–water partition coefficient (Wildman–Crippen LogP) is 3.27. The van der Waals surface area contributed by atoms with Crippen molar-refractivity contribution in [1.29, 1.82) is 0 Å². The molecule has 0 spiro atoms. The largest absolute Gasteiger partial charge is 0.352 e. The number of carbonyl (C=O) groups excluding carboxylic acids is 2. The number of carbonyl (C=O) groups is 2. The predicted molar refractivity (Wildman–Crippen MR) is 98.3 cm³/mol. The van der Waals surface area contributed by atoms with Crippen LogP contribution in [0.3, 0.4) is 0 Å². The van der Waals surface area contributed by atoms with Crippen molar-refractivity contribution in [2.24, 2.45) is 0 Å². The molecule has 1 heterocycles. The molecule has 0 saturated carbocycles. The molecule has 0 aliphatic carbocycles. The van der Waals surface area contributed by atoms with Gasteiger partial charge in [-0.2, -0.15) is 0 Å². The molecular formula is C20H25N3O2. The summed E-state index contributed by atoms with van der Waals surface area (Å²) >= 11 is 0.